The highest BCUT2D eigenvalue weighted by atomic mass is 35.5. The largest absolute Gasteiger partial charge is 0.295 e. The molecule has 0 aliphatic carbocycles. The molecule has 0 saturated carbocycles. The molecular weight excluding hydrogens is 300 g/mol. The molecule has 0 bridgehead atoms. The number of benzene rings is 1. The minimum atomic E-state index is 0.685. The lowest BCUT2D eigenvalue weighted by molar-refractivity contribution is 0.310. The maximum atomic E-state index is 5.89. The van der Waals surface area contributed by atoms with E-state index >= 15 is 0 Å². The quantitative estimate of drug-likeness (QED) is 0.723. The fourth-order valence-corrected chi connectivity index (χ4v) is 2.24. The third kappa shape index (κ3) is 3.66. The molecule has 2 aromatic heterocycles. The molecule has 2 heterocycles. The SMILES string of the molecule is CN(Cc1cnccn1)Cc1cn(-c2ccc(Cl)cc2)nn1. The summed E-state index contributed by atoms with van der Waals surface area (Å²) in [6.07, 6.45) is 7.04. The number of rotatable bonds is 5. The minimum Gasteiger partial charge on any atom is -0.295 e. The first-order chi connectivity index (χ1) is 10.7. The number of nitrogens with zero attached hydrogens (tertiary/aromatic N) is 6. The third-order valence-corrected chi connectivity index (χ3v) is 3.36. The summed E-state index contributed by atoms with van der Waals surface area (Å²) < 4.78 is 1.74. The van der Waals surface area contributed by atoms with Crippen LogP contribution in [-0.4, -0.2) is 36.9 Å². The Bertz CT molecular complexity index is 725. The van der Waals surface area contributed by atoms with E-state index in [4.69, 9.17) is 11.6 Å². The summed E-state index contributed by atoms with van der Waals surface area (Å²) in [5, 5.41) is 9.05. The highest BCUT2D eigenvalue weighted by molar-refractivity contribution is 6.30. The summed E-state index contributed by atoms with van der Waals surface area (Å²) in [4.78, 5) is 10.4. The van der Waals surface area contributed by atoms with Gasteiger partial charge >= 0.3 is 0 Å². The molecule has 0 spiro atoms. The monoisotopic (exact) mass is 314 g/mol. The van der Waals surface area contributed by atoms with Crippen molar-refractivity contribution in [3.05, 3.63) is 65.5 Å². The average Bonchev–Trinajstić information content (AvgIpc) is 2.97. The highest BCUT2D eigenvalue weighted by Crippen LogP contribution is 2.13. The smallest absolute Gasteiger partial charge is 0.0971 e. The van der Waals surface area contributed by atoms with Gasteiger partial charge in [0.05, 0.1) is 23.3 Å². The molecular formula is C15H15ClN6. The molecule has 0 amide bonds. The molecule has 0 aliphatic heterocycles. The third-order valence-electron chi connectivity index (χ3n) is 3.11. The van der Waals surface area contributed by atoms with E-state index in [1.807, 2.05) is 37.5 Å². The Morgan fingerprint density at radius 1 is 1.09 bits per heavy atom. The summed E-state index contributed by atoms with van der Waals surface area (Å²) in [6.45, 7) is 1.39. The first-order valence-electron chi connectivity index (χ1n) is 6.81. The van der Waals surface area contributed by atoms with Gasteiger partial charge in [-0.15, -0.1) is 5.10 Å². The lowest BCUT2D eigenvalue weighted by Crippen LogP contribution is -2.18. The predicted molar refractivity (Wildman–Crippen MR) is 83.6 cm³/mol. The second-order valence-electron chi connectivity index (χ2n) is 5.00. The van der Waals surface area contributed by atoms with Gasteiger partial charge in [-0.2, -0.15) is 0 Å². The van der Waals surface area contributed by atoms with Gasteiger partial charge in [0.15, 0.2) is 0 Å². The van der Waals surface area contributed by atoms with Crippen molar-refractivity contribution in [1.82, 2.24) is 29.9 Å². The van der Waals surface area contributed by atoms with Crippen molar-refractivity contribution in [1.29, 1.82) is 0 Å². The average molecular weight is 315 g/mol. The number of halogens is 1. The van der Waals surface area contributed by atoms with Crippen LogP contribution in [0.4, 0.5) is 0 Å². The maximum Gasteiger partial charge on any atom is 0.0971 e. The van der Waals surface area contributed by atoms with E-state index in [1.54, 1.807) is 23.3 Å². The molecule has 3 rings (SSSR count). The second-order valence-corrected chi connectivity index (χ2v) is 5.44. The van der Waals surface area contributed by atoms with Gasteiger partial charge in [0.25, 0.3) is 0 Å². The van der Waals surface area contributed by atoms with Crippen LogP contribution in [0.2, 0.25) is 5.02 Å². The molecule has 0 saturated heterocycles. The zero-order chi connectivity index (χ0) is 15.4. The Kier molecular flexibility index (Phi) is 4.41. The highest BCUT2D eigenvalue weighted by Gasteiger charge is 2.07. The molecule has 0 aliphatic rings. The molecule has 0 fully saturated rings. The van der Waals surface area contributed by atoms with Crippen LogP contribution in [-0.2, 0) is 13.1 Å². The van der Waals surface area contributed by atoms with Crippen molar-refractivity contribution in [2.24, 2.45) is 0 Å². The Balaban J connectivity index is 1.65. The van der Waals surface area contributed by atoms with E-state index in [-0.39, 0.29) is 0 Å². The van der Waals surface area contributed by atoms with Gasteiger partial charge in [0, 0.05) is 36.7 Å². The zero-order valence-electron chi connectivity index (χ0n) is 12.1. The van der Waals surface area contributed by atoms with E-state index in [2.05, 4.69) is 25.2 Å². The van der Waals surface area contributed by atoms with Crippen molar-refractivity contribution in [2.75, 3.05) is 7.05 Å². The number of hydrogen-bond acceptors (Lipinski definition) is 5. The number of aromatic nitrogens is 5. The van der Waals surface area contributed by atoms with Gasteiger partial charge in [-0.3, -0.25) is 14.9 Å². The van der Waals surface area contributed by atoms with Crippen LogP contribution in [0.3, 0.4) is 0 Å². The molecule has 0 unspecified atom stereocenters. The van der Waals surface area contributed by atoms with Gasteiger partial charge in [0.1, 0.15) is 0 Å². The zero-order valence-corrected chi connectivity index (χ0v) is 12.9. The Morgan fingerprint density at radius 2 is 1.86 bits per heavy atom. The maximum absolute atomic E-state index is 5.89. The van der Waals surface area contributed by atoms with Crippen molar-refractivity contribution in [3.8, 4) is 5.69 Å². The van der Waals surface area contributed by atoms with Crippen LogP contribution in [0, 0.1) is 0 Å². The second kappa shape index (κ2) is 6.64. The fraction of sp³-hybridized carbons (Fsp3) is 0.200. The van der Waals surface area contributed by atoms with E-state index in [9.17, 15) is 0 Å². The lowest BCUT2D eigenvalue weighted by atomic mass is 10.3. The molecule has 1 aromatic carbocycles. The van der Waals surface area contributed by atoms with Crippen LogP contribution >= 0.6 is 11.6 Å². The van der Waals surface area contributed by atoms with E-state index < -0.39 is 0 Å². The number of hydrogen-bond donors (Lipinski definition) is 0. The summed E-state index contributed by atoms with van der Waals surface area (Å²) in [5.74, 6) is 0. The Labute approximate surface area is 133 Å². The fourth-order valence-electron chi connectivity index (χ4n) is 2.11. The van der Waals surface area contributed by atoms with E-state index in [0.29, 0.717) is 18.1 Å². The minimum absolute atomic E-state index is 0.685. The Morgan fingerprint density at radius 3 is 2.59 bits per heavy atom. The lowest BCUT2D eigenvalue weighted by Gasteiger charge is -2.13. The van der Waals surface area contributed by atoms with Crippen molar-refractivity contribution >= 4 is 11.6 Å². The van der Waals surface area contributed by atoms with Gasteiger partial charge in [0.2, 0.25) is 0 Å². The molecule has 0 atom stereocenters. The molecule has 0 radical (unpaired) electrons. The van der Waals surface area contributed by atoms with Crippen LogP contribution in [0.15, 0.2) is 49.1 Å². The van der Waals surface area contributed by atoms with Crippen LogP contribution in [0.5, 0.6) is 0 Å². The summed E-state index contributed by atoms with van der Waals surface area (Å²) >= 11 is 5.89. The van der Waals surface area contributed by atoms with Crippen LogP contribution in [0.25, 0.3) is 5.69 Å². The van der Waals surface area contributed by atoms with Gasteiger partial charge in [-0.1, -0.05) is 16.8 Å². The molecule has 112 valence electrons. The van der Waals surface area contributed by atoms with Gasteiger partial charge in [-0.05, 0) is 31.3 Å². The van der Waals surface area contributed by atoms with Crippen LogP contribution in [0.1, 0.15) is 11.4 Å². The first-order valence-corrected chi connectivity index (χ1v) is 7.19. The van der Waals surface area contributed by atoms with E-state index in [0.717, 1.165) is 17.1 Å². The van der Waals surface area contributed by atoms with Gasteiger partial charge in [-0.25, -0.2) is 4.68 Å². The summed E-state index contributed by atoms with van der Waals surface area (Å²) in [5.41, 5.74) is 2.75. The van der Waals surface area contributed by atoms with Crippen molar-refractivity contribution in [3.63, 3.8) is 0 Å². The first kappa shape index (κ1) is 14.6. The molecule has 7 heteroatoms. The summed E-state index contributed by atoms with van der Waals surface area (Å²) in [6, 6.07) is 7.48. The van der Waals surface area contributed by atoms with Crippen molar-refractivity contribution < 1.29 is 0 Å². The molecule has 6 nitrogen and oxygen atoms in total. The van der Waals surface area contributed by atoms with E-state index in [1.165, 1.54) is 0 Å². The molecule has 3 aromatic rings. The molecule has 22 heavy (non-hydrogen) atoms. The predicted octanol–water partition coefficient (Wildman–Crippen LogP) is 2.34. The van der Waals surface area contributed by atoms with Crippen molar-refractivity contribution in [2.45, 2.75) is 13.1 Å². The normalized spacial score (nSPS) is 11.0. The Hall–Kier alpha value is -2.31. The van der Waals surface area contributed by atoms with Gasteiger partial charge < -0.3 is 0 Å². The molecule has 0 N–H and O–H groups in total. The summed E-state index contributed by atoms with van der Waals surface area (Å²) in [7, 11) is 2.01. The van der Waals surface area contributed by atoms with Crippen LogP contribution < -0.4 is 0 Å². The topological polar surface area (TPSA) is 59.7 Å². The standard InChI is InChI=1S/C15H15ClN6/c1-21(9-13-8-17-6-7-18-13)10-14-11-22(20-19-14)15-4-2-12(16)3-5-15/h2-8,11H,9-10H2,1H3.